The number of rotatable bonds is 7. The van der Waals surface area contributed by atoms with Gasteiger partial charge in [-0.2, -0.15) is 0 Å². The first-order valence-electron chi connectivity index (χ1n) is 9.84. The Balaban J connectivity index is 1.40. The molecule has 1 saturated heterocycles. The summed E-state index contributed by atoms with van der Waals surface area (Å²) in [6, 6.07) is 13.2. The fourth-order valence-electron chi connectivity index (χ4n) is 3.73. The lowest BCUT2D eigenvalue weighted by Gasteiger charge is -2.32. The summed E-state index contributed by atoms with van der Waals surface area (Å²) in [4.78, 5) is 5.03. The summed E-state index contributed by atoms with van der Waals surface area (Å²) in [7, 11) is 2.22. The van der Waals surface area contributed by atoms with Gasteiger partial charge in [0.25, 0.3) is 0 Å². The number of aryl methyl sites for hydroxylation is 1. The largest absolute Gasteiger partial charge is 0.493 e. The topological polar surface area (TPSA) is 15.7 Å². The molecule has 0 radical (unpaired) electrons. The number of fused-ring (bicyclic) bond motifs is 1. The highest BCUT2D eigenvalue weighted by molar-refractivity contribution is 5.91. The Morgan fingerprint density at radius 3 is 2.48 bits per heavy atom. The van der Waals surface area contributed by atoms with Gasteiger partial charge in [0.2, 0.25) is 0 Å². The van der Waals surface area contributed by atoms with Crippen LogP contribution in [0.2, 0.25) is 0 Å². The molecule has 2 aliphatic rings. The van der Waals surface area contributed by atoms with Crippen LogP contribution in [-0.2, 0) is 6.42 Å². The van der Waals surface area contributed by atoms with Crippen LogP contribution in [0.4, 0.5) is 0 Å². The summed E-state index contributed by atoms with van der Waals surface area (Å²) in [6.07, 6.45) is 5.05. The minimum Gasteiger partial charge on any atom is -0.493 e. The number of ether oxygens (including phenoxy) is 1. The van der Waals surface area contributed by atoms with Crippen molar-refractivity contribution in [3.05, 3.63) is 42.0 Å². The zero-order chi connectivity index (χ0) is 17.1. The fraction of sp³-hybridized carbons (Fsp3) is 0.545. The number of piperazine rings is 1. The molecule has 25 heavy (non-hydrogen) atoms. The van der Waals surface area contributed by atoms with E-state index in [2.05, 4.69) is 53.2 Å². The first-order chi connectivity index (χ1) is 12.3. The van der Waals surface area contributed by atoms with Gasteiger partial charge in [0.1, 0.15) is 5.75 Å². The molecule has 0 N–H and O–H groups in total. The van der Waals surface area contributed by atoms with Gasteiger partial charge in [-0.1, -0.05) is 30.3 Å². The van der Waals surface area contributed by atoms with Crippen molar-refractivity contribution in [2.75, 3.05) is 46.4 Å². The predicted octanol–water partition coefficient (Wildman–Crippen LogP) is 3.81. The average molecular weight is 338 g/mol. The monoisotopic (exact) mass is 338 g/mol. The molecule has 134 valence electrons. The first-order valence-corrected chi connectivity index (χ1v) is 9.84. The highest BCUT2D eigenvalue weighted by Gasteiger charge is 2.22. The van der Waals surface area contributed by atoms with Crippen molar-refractivity contribution in [2.24, 2.45) is 5.92 Å². The first kappa shape index (κ1) is 16.9. The van der Waals surface area contributed by atoms with E-state index in [9.17, 15) is 0 Å². The van der Waals surface area contributed by atoms with Crippen LogP contribution in [0.3, 0.4) is 0 Å². The Labute approximate surface area is 151 Å². The lowest BCUT2D eigenvalue weighted by molar-refractivity contribution is 0.153. The second-order valence-corrected chi connectivity index (χ2v) is 7.77. The van der Waals surface area contributed by atoms with Crippen molar-refractivity contribution in [3.8, 4) is 5.75 Å². The minimum atomic E-state index is 0.794. The van der Waals surface area contributed by atoms with Crippen molar-refractivity contribution >= 4 is 10.8 Å². The van der Waals surface area contributed by atoms with E-state index in [0.717, 1.165) is 24.7 Å². The summed E-state index contributed by atoms with van der Waals surface area (Å²) in [5, 5.41) is 2.65. The molecule has 1 aliphatic heterocycles. The van der Waals surface area contributed by atoms with Gasteiger partial charge in [0, 0.05) is 31.6 Å². The summed E-state index contributed by atoms with van der Waals surface area (Å²) in [5.41, 5.74) is 1.46. The summed E-state index contributed by atoms with van der Waals surface area (Å²) >= 11 is 0. The highest BCUT2D eigenvalue weighted by Crippen LogP contribution is 2.33. The van der Waals surface area contributed by atoms with Gasteiger partial charge in [0.15, 0.2) is 0 Å². The van der Waals surface area contributed by atoms with Gasteiger partial charge < -0.3 is 14.5 Å². The van der Waals surface area contributed by atoms with Gasteiger partial charge in [-0.05, 0) is 62.2 Å². The second kappa shape index (κ2) is 7.76. The zero-order valence-corrected chi connectivity index (χ0v) is 15.4. The molecule has 1 heterocycles. The molecular formula is C22H30N2O. The molecule has 0 bridgehead atoms. The number of likely N-dealkylation sites (N-methyl/N-ethyl adjacent to an activating group) is 1. The van der Waals surface area contributed by atoms with E-state index < -0.39 is 0 Å². The maximum absolute atomic E-state index is 6.10. The van der Waals surface area contributed by atoms with Crippen molar-refractivity contribution in [3.63, 3.8) is 0 Å². The van der Waals surface area contributed by atoms with Crippen LogP contribution < -0.4 is 4.74 Å². The Morgan fingerprint density at radius 1 is 0.960 bits per heavy atom. The summed E-state index contributed by atoms with van der Waals surface area (Å²) in [5.74, 6) is 1.85. The third kappa shape index (κ3) is 4.34. The molecule has 0 atom stereocenters. The highest BCUT2D eigenvalue weighted by atomic mass is 16.5. The Kier molecular flexibility index (Phi) is 5.23. The molecule has 4 rings (SSSR count). The maximum Gasteiger partial charge on any atom is 0.127 e. The molecule has 3 heteroatoms. The third-order valence-electron chi connectivity index (χ3n) is 5.66. The number of hydrogen-bond acceptors (Lipinski definition) is 3. The van der Waals surface area contributed by atoms with Gasteiger partial charge in [0.05, 0.1) is 6.61 Å². The quantitative estimate of drug-likeness (QED) is 0.763. The van der Waals surface area contributed by atoms with E-state index in [1.807, 2.05) is 0 Å². The SMILES string of the molecule is CN1CCN(CCCc2ccc(OCC3CC3)c3ccccc23)CC1. The van der Waals surface area contributed by atoms with Crippen LogP contribution in [0.5, 0.6) is 5.75 Å². The molecule has 0 amide bonds. The molecule has 0 unspecified atom stereocenters. The normalized spacial score (nSPS) is 19.4. The smallest absolute Gasteiger partial charge is 0.127 e. The van der Waals surface area contributed by atoms with Crippen LogP contribution in [-0.4, -0.2) is 56.2 Å². The molecule has 2 aromatic rings. The van der Waals surface area contributed by atoms with E-state index in [-0.39, 0.29) is 0 Å². The van der Waals surface area contributed by atoms with Gasteiger partial charge >= 0.3 is 0 Å². The van der Waals surface area contributed by atoms with Gasteiger partial charge in [-0.25, -0.2) is 0 Å². The molecule has 1 saturated carbocycles. The van der Waals surface area contributed by atoms with Crippen molar-refractivity contribution in [1.29, 1.82) is 0 Å². The molecular weight excluding hydrogens is 308 g/mol. The van der Waals surface area contributed by atoms with E-state index in [4.69, 9.17) is 4.74 Å². The second-order valence-electron chi connectivity index (χ2n) is 7.77. The van der Waals surface area contributed by atoms with Crippen LogP contribution >= 0.6 is 0 Å². The number of nitrogens with zero attached hydrogens (tertiary/aromatic N) is 2. The van der Waals surface area contributed by atoms with E-state index >= 15 is 0 Å². The van der Waals surface area contributed by atoms with E-state index in [1.54, 1.807) is 0 Å². The van der Waals surface area contributed by atoms with Gasteiger partial charge in [-0.3, -0.25) is 0 Å². The lowest BCUT2D eigenvalue weighted by Crippen LogP contribution is -2.44. The number of hydrogen-bond donors (Lipinski definition) is 0. The van der Waals surface area contributed by atoms with Crippen LogP contribution in [0.15, 0.2) is 36.4 Å². The molecule has 1 aliphatic carbocycles. The molecule has 3 nitrogen and oxygen atoms in total. The maximum atomic E-state index is 6.10. The summed E-state index contributed by atoms with van der Waals surface area (Å²) < 4.78 is 6.10. The average Bonchev–Trinajstić information content (AvgIpc) is 3.47. The van der Waals surface area contributed by atoms with Crippen LogP contribution in [0.1, 0.15) is 24.8 Å². The van der Waals surface area contributed by atoms with E-state index in [0.29, 0.717) is 0 Å². The fourth-order valence-corrected chi connectivity index (χ4v) is 3.73. The van der Waals surface area contributed by atoms with Crippen LogP contribution in [0.25, 0.3) is 10.8 Å². The van der Waals surface area contributed by atoms with Crippen molar-refractivity contribution in [2.45, 2.75) is 25.7 Å². The Bertz CT molecular complexity index is 702. The molecule has 2 aromatic carbocycles. The molecule has 0 aromatic heterocycles. The third-order valence-corrected chi connectivity index (χ3v) is 5.66. The summed E-state index contributed by atoms with van der Waals surface area (Å²) in [6.45, 7) is 6.93. The van der Waals surface area contributed by atoms with Crippen molar-refractivity contribution < 1.29 is 4.74 Å². The zero-order valence-electron chi connectivity index (χ0n) is 15.4. The standard InChI is InChI=1S/C22H30N2O/c1-23-13-15-24(16-14-23)12-4-5-19-10-11-22(25-17-18-8-9-18)21-7-3-2-6-20(19)21/h2-3,6-7,10-11,18H,4-5,8-9,12-17H2,1H3. The van der Waals surface area contributed by atoms with Crippen LogP contribution in [0, 0.1) is 5.92 Å². The minimum absolute atomic E-state index is 0.794. The van der Waals surface area contributed by atoms with Gasteiger partial charge in [-0.15, -0.1) is 0 Å². The Hall–Kier alpha value is -1.58. The van der Waals surface area contributed by atoms with Crippen molar-refractivity contribution in [1.82, 2.24) is 9.80 Å². The predicted molar refractivity (Wildman–Crippen MR) is 104 cm³/mol. The molecule has 2 fully saturated rings. The molecule has 0 spiro atoms. The van der Waals surface area contributed by atoms with E-state index in [1.165, 1.54) is 68.3 Å². The Morgan fingerprint density at radius 2 is 1.72 bits per heavy atom. The number of benzene rings is 2. The lowest BCUT2D eigenvalue weighted by atomic mass is 10.00.